The summed E-state index contributed by atoms with van der Waals surface area (Å²) in [7, 11) is 1.68. The Bertz CT molecular complexity index is 802. The molecule has 0 aromatic heterocycles. The van der Waals surface area contributed by atoms with Crippen LogP contribution in [0.25, 0.3) is 0 Å². The van der Waals surface area contributed by atoms with Crippen LogP contribution >= 0.6 is 0 Å². The Kier molecular flexibility index (Phi) is 5.70. The van der Waals surface area contributed by atoms with Gasteiger partial charge >= 0.3 is 0 Å². The van der Waals surface area contributed by atoms with Crippen LogP contribution in [0.4, 0.5) is 0 Å². The third-order valence-corrected chi connectivity index (χ3v) is 4.21. The molecule has 0 heterocycles. The van der Waals surface area contributed by atoms with E-state index in [9.17, 15) is 0 Å². The summed E-state index contributed by atoms with van der Waals surface area (Å²) in [6.45, 7) is 0.575. The summed E-state index contributed by atoms with van der Waals surface area (Å²) < 4.78 is 11.2. The molecule has 1 atom stereocenters. The van der Waals surface area contributed by atoms with Gasteiger partial charge in [-0.05, 0) is 60.5 Å². The first-order valence-corrected chi connectivity index (χ1v) is 8.44. The molecule has 0 saturated heterocycles. The summed E-state index contributed by atoms with van der Waals surface area (Å²) in [5.41, 5.74) is 8.45. The highest BCUT2D eigenvalue weighted by Gasteiger charge is 2.12. The second kappa shape index (κ2) is 8.36. The molecule has 0 saturated carbocycles. The third kappa shape index (κ3) is 4.61. The van der Waals surface area contributed by atoms with E-state index in [1.54, 1.807) is 7.11 Å². The lowest BCUT2D eigenvalue weighted by atomic mass is 9.92. The summed E-state index contributed by atoms with van der Waals surface area (Å²) in [5.74, 6) is 2.75. The molecule has 0 spiro atoms. The van der Waals surface area contributed by atoms with Crippen LogP contribution in [0, 0.1) is 0 Å². The average molecular weight is 333 g/mol. The Morgan fingerprint density at radius 3 is 2.28 bits per heavy atom. The fraction of sp³-hybridized carbons (Fsp3) is 0.182. The van der Waals surface area contributed by atoms with Gasteiger partial charge < -0.3 is 15.2 Å². The smallest absolute Gasteiger partial charge is 0.127 e. The number of hydrogen-bond acceptors (Lipinski definition) is 3. The zero-order chi connectivity index (χ0) is 17.5. The Morgan fingerprint density at radius 2 is 1.52 bits per heavy atom. The van der Waals surface area contributed by atoms with Crippen LogP contribution in [0.5, 0.6) is 17.2 Å². The van der Waals surface area contributed by atoms with Gasteiger partial charge in [-0.25, -0.2) is 0 Å². The summed E-state index contributed by atoms with van der Waals surface area (Å²) >= 11 is 0. The molecule has 0 fully saturated rings. The Labute approximate surface area is 149 Å². The van der Waals surface area contributed by atoms with Crippen molar-refractivity contribution in [1.82, 2.24) is 0 Å². The van der Waals surface area contributed by atoms with Crippen molar-refractivity contribution in [3.8, 4) is 17.2 Å². The first-order chi connectivity index (χ1) is 12.3. The van der Waals surface area contributed by atoms with Gasteiger partial charge in [-0.2, -0.15) is 0 Å². The van der Waals surface area contributed by atoms with E-state index in [0.29, 0.717) is 6.54 Å². The molecule has 3 nitrogen and oxygen atoms in total. The molecule has 3 aromatic rings. The second-order valence-electron chi connectivity index (χ2n) is 5.98. The lowest BCUT2D eigenvalue weighted by molar-refractivity contribution is 0.414. The number of nitrogens with two attached hydrogens (primary N) is 1. The molecule has 0 amide bonds. The molecule has 3 aromatic carbocycles. The first kappa shape index (κ1) is 17.1. The summed E-state index contributed by atoms with van der Waals surface area (Å²) in [4.78, 5) is 0. The quantitative estimate of drug-likeness (QED) is 0.677. The van der Waals surface area contributed by atoms with E-state index in [1.807, 2.05) is 54.6 Å². The maximum absolute atomic E-state index is 6.05. The number of hydrogen-bond donors (Lipinski definition) is 1. The first-order valence-electron chi connectivity index (χ1n) is 8.44. The zero-order valence-electron chi connectivity index (χ0n) is 14.4. The van der Waals surface area contributed by atoms with Crippen molar-refractivity contribution >= 4 is 0 Å². The Hall–Kier alpha value is -2.78. The van der Waals surface area contributed by atoms with Crippen molar-refractivity contribution in [2.75, 3.05) is 13.7 Å². The predicted molar refractivity (Wildman–Crippen MR) is 101 cm³/mol. The molecule has 0 bridgehead atoms. The van der Waals surface area contributed by atoms with E-state index < -0.39 is 0 Å². The number of ether oxygens (including phenoxy) is 2. The van der Waals surface area contributed by atoms with Crippen molar-refractivity contribution in [2.24, 2.45) is 5.73 Å². The fourth-order valence-electron chi connectivity index (χ4n) is 2.88. The fourth-order valence-corrected chi connectivity index (χ4v) is 2.88. The molecular formula is C22H23NO2. The third-order valence-electron chi connectivity index (χ3n) is 4.21. The molecule has 128 valence electrons. The van der Waals surface area contributed by atoms with E-state index in [4.69, 9.17) is 15.2 Å². The lowest BCUT2D eigenvalue weighted by Crippen LogP contribution is -2.15. The van der Waals surface area contributed by atoms with Crippen LogP contribution < -0.4 is 15.2 Å². The van der Waals surface area contributed by atoms with Crippen LogP contribution in [0.2, 0.25) is 0 Å². The lowest BCUT2D eigenvalue weighted by Gasteiger charge is -2.17. The largest absolute Gasteiger partial charge is 0.497 e. The van der Waals surface area contributed by atoms with Gasteiger partial charge in [-0.1, -0.05) is 42.5 Å². The van der Waals surface area contributed by atoms with Crippen molar-refractivity contribution in [2.45, 2.75) is 12.3 Å². The highest BCUT2D eigenvalue weighted by molar-refractivity contribution is 5.37. The molecule has 3 rings (SSSR count). The molecule has 0 aliphatic heterocycles. The van der Waals surface area contributed by atoms with Gasteiger partial charge in [0, 0.05) is 5.92 Å². The molecule has 0 radical (unpaired) electrons. The molecule has 25 heavy (non-hydrogen) atoms. The van der Waals surface area contributed by atoms with E-state index in [2.05, 4.69) is 24.3 Å². The van der Waals surface area contributed by atoms with E-state index in [-0.39, 0.29) is 5.92 Å². The second-order valence-corrected chi connectivity index (χ2v) is 5.98. The van der Waals surface area contributed by atoms with Crippen molar-refractivity contribution in [1.29, 1.82) is 0 Å². The zero-order valence-corrected chi connectivity index (χ0v) is 14.4. The van der Waals surface area contributed by atoms with Crippen LogP contribution in [0.15, 0.2) is 78.9 Å². The van der Waals surface area contributed by atoms with E-state index >= 15 is 0 Å². The van der Waals surface area contributed by atoms with Crippen molar-refractivity contribution < 1.29 is 9.47 Å². The van der Waals surface area contributed by atoms with Gasteiger partial charge in [0.1, 0.15) is 17.2 Å². The minimum absolute atomic E-state index is 0.228. The minimum Gasteiger partial charge on any atom is -0.497 e. The minimum atomic E-state index is 0.228. The van der Waals surface area contributed by atoms with Gasteiger partial charge in [0.2, 0.25) is 0 Å². The highest BCUT2D eigenvalue weighted by Crippen LogP contribution is 2.27. The predicted octanol–water partition coefficient (Wildman–Crippen LogP) is 4.77. The summed E-state index contributed by atoms with van der Waals surface area (Å²) in [6, 6.07) is 26.1. The number of methoxy groups -OCH3 is 1. The number of benzene rings is 3. The molecule has 1 unspecified atom stereocenters. The van der Waals surface area contributed by atoms with Crippen molar-refractivity contribution in [3.63, 3.8) is 0 Å². The SMILES string of the molecule is COc1cccc(CC(CN)c2cccc(Oc3ccccc3)c2)c1. The average Bonchev–Trinajstić information content (AvgIpc) is 2.67. The van der Waals surface area contributed by atoms with Gasteiger partial charge in [0.25, 0.3) is 0 Å². The highest BCUT2D eigenvalue weighted by atomic mass is 16.5. The topological polar surface area (TPSA) is 44.5 Å². The molecule has 3 heteroatoms. The molecule has 0 aliphatic carbocycles. The Balaban J connectivity index is 1.77. The standard InChI is InChI=1S/C22H23NO2/c1-24-21-11-5-7-17(14-21)13-19(16-23)18-8-6-12-22(15-18)25-20-9-3-2-4-10-20/h2-12,14-15,19H,13,16,23H2,1H3. The molecular weight excluding hydrogens is 310 g/mol. The van der Waals surface area contributed by atoms with E-state index in [0.717, 1.165) is 23.7 Å². The molecule has 0 aliphatic rings. The van der Waals surface area contributed by atoms with Crippen LogP contribution in [-0.2, 0) is 6.42 Å². The Morgan fingerprint density at radius 1 is 0.800 bits per heavy atom. The van der Waals surface area contributed by atoms with Crippen molar-refractivity contribution in [3.05, 3.63) is 90.0 Å². The van der Waals surface area contributed by atoms with Crippen LogP contribution in [0.3, 0.4) is 0 Å². The summed E-state index contributed by atoms with van der Waals surface area (Å²) in [6.07, 6.45) is 0.864. The number of para-hydroxylation sites is 1. The van der Waals surface area contributed by atoms with Crippen LogP contribution in [-0.4, -0.2) is 13.7 Å². The van der Waals surface area contributed by atoms with Gasteiger partial charge in [-0.15, -0.1) is 0 Å². The van der Waals surface area contributed by atoms with Crippen LogP contribution in [0.1, 0.15) is 17.0 Å². The molecule has 2 N–H and O–H groups in total. The normalized spacial score (nSPS) is 11.8. The van der Waals surface area contributed by atoms with E-state index in [1.165, 1.54) is 11.1 Å². The monoisotopic (exact) mass is 333 g/mol. The number of rotatable bonds is 7. The van der Waals surface area contributed by atoms with Gasteiger partial charge in [0.15, 0.2) is 0 Å². The summed E-state index contributed by atoms with van der Waals surface area (Å²) in [5, 5.41) is 0. The maximum Gasteiger partial charge on any atom is 0.127 e. The van der Waals surface area contributed by atoms with Gasteiger partial charge in [-0.3, -0.25) is 0 Å². The van der Waals surface area contributed by atoms with Gasteiger partial charge in [0.05, 0.1) is 7.11 Å². The maximum atomic E-state index is 6.05.